The number of carbonyl (C=O) groups is 1. The van der Waals surface area contributed by atoms with Gasteiger partial charge in [0.15, 0.2) is 0 Å². The van der Waals surface area contributed by atoms with E-state index < -0.39 is 5.56 Å². The van der Waals surface area contributed by atoms with Crippen LogP contribution in [-0.4, -0.2) is 22.2 Å². The Labute approximate surface area is 133 Å². The summed E-state index contributed by atoms with van der Waals surface area (Å²) < 4.78 is 1.09. The minimum absolute atomic E-state index is 0.0483. The van der Waals surface area contributed by atoms with Gasteiger partial charge in [0, 0.05) is 12.2 Å². The fraction of sp³-hybridized carbons (Fsp3) is 0.294. The highest BCUT2D eigenvalue weighted by atomic mass is 16.2. The summed E-state index contributed by atoms with van der Waals surface area (Å²) in [4.78, 5) is 26.5. The Morgan fingerprint density at radius 1 is 1.35 bits per heavy atom. The van der Waals surface area contributed by atoms with Crippen LogP contribution >= 0.6 is 0 Å². The Morgan fingerprint density at radius 2 is 2.09 bits per heavy atom. The van der Waals surface area contributed by atoms with E-state index in [0.717, 1.165) is 22.4 Å². The molecule has 2 aromatic rings. The molecule has 1 aromatic carbocycles. The SMILES string of the molecule is Cc1nn(CC(=O)N2CCc3ccccc32)c(=O)c(C#N)c1C. The topological polar surface area (TPSA) is 79.0 Å². The van der Waals surface area contributed by atoms with Crippen LogP contribution in [0.15, 0.2) is 29.1 Å². The number of hydrogen-bond acceptors (Lipinski definition) is 4. The number of fused-ring (bicyclic) bond motifs is 1. The Bertz CT molecular complexity index is 892. The maximum absolute atomic E-state index is 12.6. The van der Waals surface area contributed by atoms with E-state index in [1.807, 2.05) is 30.3 Å². The predicted octanol–water partition coefficient (Wildman–Crippen LogP) is 1.32. The van der Waals surface area contributed by atoms with Gasteiger partial charge in [0.1, 0.15) is 18.2 Å². The molecule has 2 heterocycles. The average Bonchev–Trinajstić information content (AvgIpc) is 2.97. The maximum atomic E-state index is 12.6. The molecule has 0 saturated heterocycles. The van der Waals surface area contributed by atoms with Crippen molar-refractivity contribution in [3.63, 3.8) is 0 Å². The first-order chi connectivity index (χ1) is 11.0. The molecule has 0 N–H and O–H groups in total. The molecule has 1 amide bonds. The summed E-state index contributed by atoms with van der Waals surface area (Å²) in [7, 11) is 0. The second-order valence-corrected chi connectivity index (χ2v) is 5.58. The number of rotatable bonds is 2. The largest absolute Gasteiger partial charge is 0.310 e. The zero-order valence-corrected chi connectivity index (χ0v) is 13.0. The third-order valence-electron chi connectivity index (χ3n) is 4.22. The molecule has 0 spiro atoms. The van der Waals surface area contributed by atoms with Crippen molar-refractivity contribution in [1.29, 1.82) is 5.26 Å². The zero-order valence-electron chi connectivity index (χ0n) is 13.0. The molecule has 0 saturated carbocycles. The van der Waals surface area contributed by atoms with Crippen molar-refractivity contribution in [2.75, 3.05) is 11.4 Å². The van der Waals surface area contributed by atoms with Gasteiger partial charge in [-0.05, 0) is 37.5 Å². The highest BCUT2D eigenvalue weighted by Gasteiger charge is 2.25. The molecule has 6 nitrogen and oxygen atoms in total. The molecule has 0 bridgehead atoms. The third-order valence-corrected chi connectivity index (χ3v) is 4.22. The van der Waals surface area contributed by atoms with Crippen molar-refractivity contribution in [3.8, 4) is 6.07 Å². The van der Waals surface area contributed by atoms with Crippen molar-refractivity contribution in [2.45, 2.75) is 26.8 Å². The molecule has 23 heavy (non-hydrogen) atoms. The highest BCUT2D eigenvalue weighted by Crippen LogP contribution is 2.27. The molecular formula is C17H16N4O2. The summed E-state index contributed by atoms with van der Waals surface area (Å²) in [6.45, 7) is 3.85. The van der Waals surface area contributed by atoms with E-state index in [9.17, 15) is 9.59 Å². The molecule has 0 atom stereocenters. The maximum Gasteiger partial charge on any atom is 0.285 e. The summed E-state index contributed by atoms with van der Waals surface area (Å²) >= 11 is 0. The molecule has 1 aliphatic heterocycles. The van der Waals surface area contributed by atoms with Crippen LogP contribution in [0.2, 0.25) is 0 Å². The molecule has 116 valence electrons. The fourth-order valence-electron chi connectivity index (χ4n) is 2.82. The van der Waals surface area contributed by atoms with Crippen LogP contribution in [0.25, 0.3) is 0 Å². The van der Waals surface area contributed by atoms with Gasteiger partial charge in [-0.2, -0.15) is 10.4 Å². The fourth-order valence-corrected chi connectivity index (χ4v) is 2.82. The van der Waals surface area contributed by atoms with Gasteiger partial charge >= 0.3 is 0 Å². The van der Waals surface area contributed by atoms with E-state index in [-0.39, 0.29) is 18.0 Å². The number of carbonyl (C=O) groups excluding carboxylic acids is 1. The Hall–Kier alpha value is -2.94. The third kappa shape index (κ3) is 2.50. The number of anilines is 1. The van der Waals surface area contributed by atoms with Crippen LogP contribution in [0.1, 0.15) is 22.4 Å². The van der Waals surface area contributed by atoms with E-state index in [1.54, 1.807) is 18.7 Å². The number of aromatic nitrogens is 2. The normalized spacial score (nSPS) is 12.8. The summed E-state index contributed by atoms with van der Waals surface area (Å²) in [5, 5.41) is 13.3. The highest BCUT2D eigenvalue weighted by molar-refractivity contribution is 5.95. The number of aryl methyl sites for hydroxylation is 1. The molecular weight excluding hydrogens is 292 g/mol. The van der Waals surface area contributed by atoms with E-state index in [4.69, 9.17) is 5.26 Å². The summed E-state index contributed by atoms with van der Waals surface area (Å²) in [6, 6.07) is 9.64. The summed E-state index contributed by atoms with van der Waals surface area (Å²) in [5.41, 5.74) is 2.68. The van der Waals surface area contributed by atoms with E-state index in [1.165, 1.54) is 0 Å². The van der Waals surface area contributed by atoms with Crippen LogP contribution in [0.4, 0.5) is 5.69 Å². The second-order valence-electron chi connectivity index (χ2n) is 5.58. The Balaban J connectivity index is 1.92. The zero-order chi connectivity index (χ0) is 16.6. The smallest absolute Gasteiger partial charge is 0.285 e. The minimum Gasteiger partial charge on any atom is -0.310 e. The van der Waals surface area contributed by atoms with Crippen LogP contribution in [0, 0.1) is 25.2 Å². The number of hydrogen-bond donors (Lipinski definition) is 0. The van der Waals surface area contributed by atoms with Gasteiger partial charge in [-0.15, -0.1) is 0 Å². The molecule has 0 unspecified atom stereocenters. The molecule has 0 radical (unpaired) electrons. The lowest BCUT2D eigenvalue weighted by molar-refractivity contribution is -0.119. The molecule has 0 fully saturated rings. The lowest BCUT2D eigenvalue weighted by Crippen LogP contribution is -2.37. The van der Waals surface area contributed by atoms with Crippen LogP contribution < -0.4 is 10.5 Å². The van der Waals surface area contributed by atoms with Crippen molar-refractivity contribution in [2.24, 2.45) is 0 Å². The van der Waals surface area contributed by atoms with Crippen molar-refractivity contribution >= 4 is 11.6 Å². The average molecular weight is 308 g/mol. The van der Waals surface area contributed by atoms with Crippen LogP contribution in [0.5, 0.6) is 0 Å². The monoisotopic (exact) mass is 308 g/mol. The van der Waals surface area contributed by atoms with Crippen molar-refractivity contribution in [1.82, 2.24) is 9.78 Å². The number of amides is 1. The lowest BCUT2D eigenvalue weighted by atomic mass is 10.1. The molecule has 3 rings (SSSR count). The first-order valence-corrected chi connectivity index (χ1v) is 7.39. The van der Waals surface area contributed by atoms with Crippen molar-refractivity contribution in [3.05, 3.63) is 57.0 Å². The summed E-state index contributed by atoms with van der Waals surface area (Å²) in [5.74, 6) is -0.198. The molecule has 1 aromatic heterocycles. The number of nitrogens with zero attached hydrogens (tertiary/aromatic N) is 4. The van der Waals surface area contributed by atoms with Gasteiger partial charge in [0.25, 0.3) is 5.56 Å². The van der Waals surface area contributed by atoms with E-state index >= 15 is 0 Å². The molecule has 1 aliphatic rings. The lowest BCUT2D eigenvalue weighted by Gasteiger charge is -2.18. The molecule has 6 heteroatoms. The summed E-state index contributed by atoms with van der Waals surface area (Å²) in [6.07, 6.45) is 0.806. The van der Waals surface area contributed by atoms with Gasteiger partial charge < -0.3 is 4.90 Å². The Kier molecular flexibility index (Phi) is 3.70. The predicted molar refractivity (Wildman–Crippen MR) is 85.2 cm³/mol. The standard InChI is InChI=1S/C17H16N4O2/c1-11-12(2)19-21(17(23)14(11)9-18)10-16(22)20-8-7-13-5-3-4-6-15(13)20/h3-6H,7-8,10H2,1-2H3. The number of para-hydroxylation sites is 1. The quantitative estimate of drug-likeness (QED) is 0.838. The van der Waals surface area contributed by atoms with Gasteiger partial charge in [0.05, 0.1) is 5.69 Å². The van der Waals surface area contributed by atoms with E-state index in [0.29, 0.717) is 17.8 Å². The first-order valence-electron chi connectivity index (χ1n) is 7.39. The van der Waals surface area contributed by atoms with Crippen LogP contribution in [-0.2, 0) is 17.8 Å². The number of nitriles is 1. The Morgan fingerprint density at radius 3 is 2.83 bits per heavy atom. The van der Waals surface area contributed by atoms with Crippen molar-refractivity contribution < 1.29 is 4.79 Å². The first kappa shape index (κ1) is 15.0. The minimum atomic E-state index is -0.517. The second kappa shape index (κ2) is 5.69. The van der Waals surface area contributed by atoms with Gasteiger partial charge in [0.2, 0.25) is 5.91 Å². The van der Waals surface area contributed by atoms with Gasteiger partial charge in [-0.1, -0.05) is 18.2 Å². The number of benzene rings is 1. The van der Waals surface area contributed by atoms with E-state index in [2.05, 4.69) is 5.10 Å². The van der Waals surface area contributed by atoms with Crippen LogP contribution in [0.3, 0.4) is 0 Å². The van der Waals surface area contributed by atoms with Gasteiger partial charge in [-0.3, -0.25) is 9.59 Å². The van der Waals surface area contributed by atoms with Gasteiger partial charge in [-0.25, -0.2) is 4.68 Å². The molecule has 0 aliphatic carbocycles.